The fraction of sp³-hybridized carbons (Fsp3) is 0.200. The number of likely N-dealkylation sites (N-methyl/N-ethyl adjacent to an activating group) is 1. The lowest BCUT2D eigenvalue weighted by atomic mass is 10.1. The summed E-state index contributed by atoms with van der Waals surface area (Å²) in [6, 6.07) is 14.6. The SMILES string of the molecule is CCNC(=O)CNC(=O)c1ccc(-c2nnc(-c3ccc(C)cc3)o2)cc1. The Labute approximate surface area is 156 Å². The van der Waals surface area contributed by atoms with Crippen LogP contribution in [0.25, 0.3) is 22.9 Å². The van der Waals surface area contributed by atoms with E-state index in [1.165, 1.54) is 0 Å². The molecule has 138 valence electrons. The molecule has 0 unspecified atom stereocenters. The number of carbonyl (C=O) groups excluding carboxylic acids is 2. The summed E-state index contributed by atoms with van der Waals surface area (Å²) in [6.45, 7) is 4.30. The van der Waals surface area contributed by atoms with Crippen molar-refractivity contribution in [3.8, 4) is 22.9 Å². The molecular weight excluding hydrogens is 344 g/mol. The second-order valence-corrected chi connectivity index (χ2v) is 5.99. The molecule has 3 aromatic rings. The van der Waals surface area contributed by atoms with Gasteiger partial charge in [0.2, 0.25) is 17.7 Å². The van der Waals surface area contributed by atoms with E-state index in [1.54, 1.807) is 24.3 Å². The number of benzene rings is 2. The molecule has 0 atom stereocenters. The Morgan fingerprint density at radius 1 is 0.889 bits per heavy atom. The molecule has 1 heterocycles. The van der Waals surface area contributed by atoms with Crippen LogP contribution in [0.1, 0.15) is 22.8 Å². The molecule has 0 bridgehead atoms. The Morgan fingerprint density at radius 3 is 2.00 bits per heavy atom. The van der Waals surface area contributed by atoms with Crippen molar-refractivity contribution < 1.29 is 14.0 Å². The minimum Gasteiger partial charge on any atom is -0.416 e. The number of aromatic nitrogens is 2. The average molecular weight is 364 g/mol. The van der Waals surface area contributed by atoms with Gasteiger partial charge in [0.25, 0.3) is 5.91 Å². The number of nitrogens with one attached hydrogen (secondary N) is 2. The molecule has 0 aliphatic carbocycles. The minimum atomic E-state index is -0.321. The van der Waals surface area contributed by atoms with Gasteiger partial charge in [-0.2, -0.15) is 0 Å². The monoisotopic (exact) mass is 364 g/mol. The molecule has 2 N–H and O–H groups in total. The van der Waals surface area contributed by atoms with Gasteiger partial charge in [-0.25, -0.2) is 0 Å². The van der Waals surface area contributed by atoms with Crippen molar-refractivity contribution >= 4 is 11.8 Å². The van der Waals surface area contributed by atoms with E-state index in [-0.39, 0.29) is 18.4 Å². The third-order valence-corrected chi connectivity index (χ3v) is 3.90. The second-order valence-electron chi connectivity index (χ2n) is 5.99. The number of amides is 2. The van der Waals surface area contributed by atoms with Crippen LogP contribution in [0.3, 0.4) is 0 Å². The van der Waals surface area contributed by atoms with Crippen molar-refractivity contribution in [2.75, 3.05) is 13.1 Å². The highest BCUT2D eigenvalue weighted by Crippen LogP contribution is 2.24. The molecule has 0 aliphatic rings. The lowest BCUT2D eigenvalue weighted by Gasteiger charge is -2.05. The van der Waals surface area contributed by atoms with E-state index in [4.69, 9.17) is 4.42 Å². The summed E-state index contributed by atoms with van der Waals surface area (Å²) in [5.41, 5.74) is 3.16. The van der Waals surface area contributed by atoms with Crippen molar-refractivity contribution in [1.82, 2.24) is 20.8 Å². The van der Waals surface area contributed by atoms with Crippen LogP contribution in [0.5, 0.6) is 0 Å². The van der Waals surface area contributed by atoms with Crippen LogP contribution in [0.4, 0.5) is 0 Å². The van der Waals surface area contributed by atoms with Crippen LogP contribution in [0, 0.1) is 6.92 Å². The first-order chi connectivity index (χ1) is 13.1. The molecule has 2 aromatic carbocycles. The van der Waals surface area contributed by atoms with Gasteiger partial charge in [-0.3, -0.25) is 9.59 Å². The largest absolute Gasteiger partial charge is 0.416 e. The summed E-state index contributed by atoms with van der Waals surface area (Å²) in [5, 5.41) is 13.3. The van der Waals surface area contributed by atoms with E-state index in [1.807, 2.05) is 38.1 Å². The first-order valence-corrected chi connectivity index (χ1v) is 8.62. The standard InChI is InChI=1S/C20H20N4O3/c1-3-21-17(25)12-22-18(26)14-8-10-16(11-9-14)20-24-23-19(27-20)15-6-4-13(2)5-7-15/h4-11H,3,12H2,1-2H3,(H,21,25)(H,22,26). The molecular formula is C20H20N4O3. The number of rotatable bonds is 6. The highest BCUT2D eigenvalue weighted by Gasteiger charge is 2.12. The Kier molecular flexibility index (Phi) is 5.61. The van der Waals surface area contributed by atoms with Crippen LogP contribution in [-0.2, 0) is 4.79 Å². The molecule has 0 aliphatic heterocycles. The van der Waals surface area contributed by atoms with Crippen LogP contribution in [-0.4, -0.2) is 35.1 Å². The van der Waals surface area contributed by atoms with Gasteiger partial charge in [-0.15, -0.1) is 10.2 Å². The molecule has 0 fully saturated rings. The van der Waals surface area contributed by atoms with Crippen molar-refractivity contribution in [2.24, 2.45) is 0 Å². The van der Waals surface area contributed by atoms with E-state index in [9.17, 15) is 9.59 Å². The van der Waals surface area contributed by atoms with Gasteiger partial charge in [-0.05, 0) is 50.2 Å². The van der Waals surface area contributed by atoms with Crippen molar-refractivity contribution in [2.45, 2.75) is 13.8 Å². The van der Waals surface area contributed by atoms with Crippen molar-refractivity contribution in [1.29, 1.82) is 0 Å². The van der Waals surface area contributed by atoms with E-state index >= 15 is 0 Å². The van der Waals surface area contributed by atoms with E-state index in [2.05, 4.69) is 20.8 Å². The number of hydrogen-bond acceptors (Lipinski definition) is 5. The maximum atomic E-state index is 12.1. The lowest BCUT2D eigenvalue weighted by Crippen LogP contribution is -2.36. The van der Waals surface area contributed by atoms with Crippen molar-refractivity contribution in [3.05, 3.63) is 59.7 Å². The van der Waals surface area contributed by atoms with Crippen molar-refractivity contribution in [3.63, 3.8) is 0 Å². The predicted octanol–water partition coefficient (Wildman–Crippen LogP) is 2.58. The molecule has 7 nitrogen and oxygen atoms in total. The van der Waals surface area contributed by atoms with Gasteiger partial charge in [0.1, 0.15) is 0 Å². The van der Waals surface area contributed by atoms with E-state index in [0.717, 1.165) is 11.1 Å². The Balaban J connectivity index is 1.68. The second kappa shape index (κ2) is 8.27. The fourth-order valence-corrected chi connectivity index (χ4v) is 2.44. The first-order valence-electron chi connectivity index (χ1n) is 8.62. The maximum Gasteiger partial charge on any atom is 0.251 e. The predicted molar refractivity (Wildman–Crippen MR) is 101 cm³/mol. The molecule has 0 radical (unpaired) electrons. The third kappa shape index (κ3) is 4.58. The quantitative estimate of drug-likeness (QED) is 0.701. The van der Waals surface area contributed by atoms with Gasteiger partial charge in [0, 0.05) is 23.2 Å². The third-order valence-electron chi connectivity index (χ3n) is 3.90. The molecule has 0 saturated heterocycles. The van der Waals surface area contributed by atoms with Crippen LogP contribution >= 0.6 is 0 Å². The summed E-state index contributed by atoms with van der Waals surface area (Å²) in [4.78, 5) is 23.5. The molecule has 7 heteroatoms. The smallest absolute Gasteiger partial charge is 0.251 e. The zero-order valence-corrected chi connectivity index (χ0v) is 15.2. The summed E-state index contributed by atoms with van der Waals surface area (Å²) in [7, 11) is 0. The fourth-order valence-electron chi connectivity index (χ4n) is 2.44. The minimum absolute atomic E-state index is 0.0575. The highest BCUT2D eigenvalue weighted by atomic mass is 16.4. The molecule has 2 amide bonds. The highest BCUT2D eigenvalue weighted by molar-refractivity contribution is 5.96. The van der Waals surface area contributed by atoms with E-state index in [0.29, 0.717) is 29.5 Å². The van der Waals surface area contributed by atoms with Gasteiger partial charge in [0.05, 0.1) is 6.54 Å². The summed E-state index contributed by atoms with van der Waals surface area (Å²) >= 11 is 0. The Bertz CT molecular complexity index is 931. The lowest BCUT2D eigenvalue weighted by molar-refractivity contribution is -0.120. The first kappa shape index (κ1) is 18.3. The summed E-state index contributed by atoms with van der Waals surface area (Å²) < 4.78 is 5.73. The molecule has 0 spiro atoms. The molecule has 1 aromatic heterocycles. The topological polar surface area (TPSA) is 97.1 Å². The van der Waals surface area contributed by atoms with Gasteiger partial charge < -0.3 is 15.1 Å². The number of hydrogen-bond donors (Lipinski definition) is 2. The molecule has 0 saturated carbocycles. The molecule has 3 rings (SSSR count). The van der Waals surface area contributed by atoms with Crippen LogP contribution < -0.4 is 10.6 Å². The van der Waals surface area contributed by atoms with Crippen LogP contribution in [0.15, 0.2) is 52.9 Å². The zero-order valence-electron chi connectivity index (χ0n) is 15.2. The maximum absolute atomic E-state index is 12.1. The Morgan fingerprint density at radius 2 is 1.44 bits per heavy atom. The number of carbonyl (C=O) groups is 2. The normalized spacial score (nSPS) is 10.4. The molecule has 27 heavy (non-hydrogen) atoms. The van der Waals surface area contributed by atoms with Gasteiger partial charge in [0.15, 0.2) is 0 Å². The number of aryl methyl sites for hydroxylation is 1. The van der Waals surface area contributed by atoms with E-state index < -0.39 is 0 Å². The van der Waals surface area contributed by atoms with Gasteiger partial charge >= 0.3 is 0 Å². The zero-order chi connectivity index (χ0) is 19.2. The Hall–Kier alpha value is -3.48. The summed E-state index contributed by atoms with van der Waals surface area (Å²) in [6.07, 6.45) is 0. The van der Waals surface area contributed by atoms with Gasteiger partial charge in [-0.1, -0.05) is 17.7 Å². The summed E-state index contributed by atoms with van der Waals surface area (Å²) in [5.74, 6) is 0.268. The van der Waals surface area contributed by atoms with Crippen LogP contribution in [0.2, 0.25) is 0 Å². The number of nitrogens with zero attached hydrogens (tertiary/aromatic N) is 2. The average Bonchev–Trinajstić information content (AvgIpc) is 3.17.